The van der Waals surface area contributed by atoms with Gasteiger partial charge in [-0.3, -0.25) is 0 Å². The molecule has 1 saturated heterocycles. The molecule has 2 heterocycles. The average molecular weight is 354 g/mol. The van der Waals surface area contributed by atoms with Crippen LogP contribution < -0.4 is 4.74 Å². The second-order valence-electron chi connectivity index (χ2n) is 6.09. The lowest BCUT2D eigenvalue weighted by molar-refractivity contribution is -0.131. The molecule has 0 saturated carbocycles. The van der Waals surface area contributed by atoms with E-state index < -0.39 is 24.6 Å². The highest BCUT2D eigenvalue weighted by Gasteiger charge is 2.42. The molecule has 1 aromatic heterocycles. The molecule has 3 aromatic rings. The van der Waals surface area contributed by atoms with Gasteiger partial charge in [-0.05, 0) is 12.1 Å². The van der Waals surface area contributed by atoms with E-state index in [1.807, 2.05) is 54.6 Å². The highest BCUT2D eigenvalue weighted by molar-refractivity contribution is 5.79. The molecule has 26 heavy (non-hydrogen) atoms. The lowest BCUT2D eigenvalue weighted by Gasteiger charge is -2.16. The monoisotopic (exact) mass is 354 g/mol. The van der Waals surface area contributed by atoms with E-state index in [0.29, 0.717) is 17.1 Å². The van der Waals surface area contributed by atoms with Crippen LogP contribution in [0.3, 0.4) is 0 Å². The van der Waals surface area contributed by atoms with Crippen molar-refractivity contribution in [2.24, 2.45) is 0 Å². The van der Waals surface area contributed by atoms with Gasteiger partial charge in [0, 0.05) is 5.56 Å². The van der Waals surface area contributed by atoms with E-state index in [1.54, 1.807) is 0 Å². The summed E-state index contributed by atoms with van der Waals surface area (Å²) in [6.45, 7) is -0.0812. The summed E-state index contributed by atoms with van der Waals surface area (Å²) in [5, 5.41) is 29.0. The van der Waals surface area contributed by atoms with E-state index in [-0.39, 0.29) is 6.61 Å². The zero-order chi connectivity index (χ0) is 18.1. The smallest absolute Gasteiger partial charge is 0.241 e. The molecule has 7 nitrogen and oxygen atoms in total. The van der Waals surface area contributed by atoms with E-state index in [9.17, 15) is 15.3 Å². The predicted molar refractivity (Wildman–Crippen MR) is 93.4 cm³/mol. The van der Waals surface area contributed by atoms with Crippen molar-refractivity contribution in [2.75, 3.05) is 6.61 Å². The Hall–Kier alpha value is -2.58. The minimum Gasteiger partial charge on any atom is -0.473 e. The summed E-state index contributed by atoms with van der Waals surface area (Å²) in [6.07, 6.45) is -4.90. The quantitative estimate of drug-likeness (QED) is 0.645. The Morgan fingerprint density at radius 2 is 1.50 bits per heavy atom. The van der Waals surface area contributed by atoms with Crippen molar-refractivity contribution in [1.29, 1.82) is 0 Å². The summed E-state index contributed by atoms with van der Waals surface area (Å²) < 4.78 is 10.9. The predicted octanol–water partition coefficient (Wildman–Crippen LogP) is 1.11. The maximum absolute atomic E-state index is 9.91. The molecular formula is C19H18N2O5. The van der Waals surface area contributed by atoms with Crippen molar-refractivity contribution in [1.82, 2.24) is 9.97 Å². The van der Waals surface area contributed by atoms with Gasteiger partial charge < -0.3 is 24.8 Å². The van der Waals surface area contributed by atoms with Crippen molar-refractivity contribution < 1.29 is 24.8 Å². The number of rotatable bonds is 4. The van der Waals surface area contributed by atoms with Crippen LogP contribution in [0.1, 0.15) is 0 Å². The zero-order valence-corrected chi connectivity index (χ0v) is 13.8. The van der Waals surface area contributed by atoms with Crippen LogP contribution in [-0.2, 0) is 4.74 Å². The number of nitrogens with zero attached hydrogens (tertiary/aromatic N) is 2. The average Bonchev–Trinajstić information content (AvgIpc) is 2.93. The van der Waals surface area contributed by atoms with Gasteiger partial charge in [0.1, 0.15) is 30.6 Å². The molecule has 2 aromatic carbocycles. The Balaban J connectivity index is 1.67. The summed E-state index contributed by atoms with van der Waals surface area (Å²) >= 11 is 0. The van der Waals surface area contributed by atoms with E-state index in [0.717, 1.165) is 11.1 Å². The number of aromatic nitrogens is 2. The van der Waals surface area contributed by atoms with Crippen LogP contribution in [0.25, 0.3) is 22.3 Å². The standard InChI is InChI=1S/C19H18N2O5/c22-16-14(26-19(24)17(16)23)10-25-18-15(11-6-2-1-3-7-11)20-12-8-4-5-9-13(12)21-18/h1-9,14,16-17,19,22-24H,10H2/t14-,16-,17-,19-/m1/s1. The first-order chi connectivity index (χ1) is 12.6. The second kappa shape index (κ2) is 6.97. The van der Waals surface area contributed by atoms with E-state index in [2.05, 4.69) is 9.97 Å². The fraction of sp³-hybridized carbons (Fsp3) is 0.263. The van der Waals surface area contributed by atoms with Gasteiger partial charge in [-0.25, -0.2) is 9.97 Å². The fourth-order valence-corrected chi connectivity index (χ4v) is 2.90. The van der Waals surface area contributed by atoms with Crippen LogP contribution in [-0.4, -0.2) is 56.5 Å². The first kappa shape index (κ1) is 16.9. The van der Waals surface area contributed by atoms with Crippen molar-refractivity contribution in [3.63, 3.8) is 0 Å². The van der Waals surface area contributed by atoms with Crippen molar-refractivity contribution in [3.8, 4) is 17.1 Å². The molecule has 0 radical (unpaired) electrons. The van der Waals surface area contributed by atoms with Gasteiger partial charge >= 0.3 is 0 Å². The Morgan fingerprint density at radius 1 is 0.846 bits per heavy atom. The largest absolute Gasteiger partial charge is 0.473 e. The van der Waals surface area contributed by atoms with Crippen LogP contribution in [0.5, 0.6) is 5.88 Å². The van der Waals surface area contributed by atoms with Crippen LogP contribution in [0.4, 0.5) is 0 Å². The maximum atomic E-state index is 9.91. The molecule has 4 rings (SSSR count). The minimum atomic E-state index is -1.44. The van der Waals surface area contributed by atoms with E-state index in [1.165, 1.54) is 0 Å². The Labute approximate surface area is 149 Å². The van der Waals surface area contributed by atoms with Crippen LogP contribution in [0.2, 0.25) is 0 Å². The molecule has 134 valence electrons. The number of aliphatic hydroxyl groups excluding tert-OH is 3. The molecule has 1 aliphatic heterocycles. The number of fused-ring (bicyclic) bond motifs is 1. The van der Waals surface area contributed by atoms with Gasteiger partial charge in [-0.2, -0.15) is 0 Å². The fourth-order valence-electron chi connectivity index (χ4n) is 2.90. The molecule has 0 aliphatic carbocycles. The highest BCUT2D eigenvalue weighted by Crippen LogP contribution is 2.29. The van der Waals surface area contributed by atoms with Gasteiger partial charge in [0.05, 0.1) is 11.0 Å². The number of hydrogen-bond acceptors (Lipinski definition) is 7. The van der Waals surface area contributed by atoms with Gasteiger partial charge in [0.25, 0.3) is 0 Å². The van der Waals surface area contributed by atoms with Gasteiger partial charge in [-0.15, -0.1) is 0 Å². The Bertz CT molecular complexity index is 905. The Kier molecular flexibility index (Phi) is 4.52. The first-order valence-electron chi connectivity index (χ1n) is 8.28. The normalized spacial score (nSPS) is 25.5. The summed E-state index contributed by atoms with van der Waals surface area (Å²) in [5.41, 5.74) is 2.82. The van der Waals surface area contributed by atoms with Crippen molar-refractivity contribution in [2.45, 2.75) is 24.6 Å². The first-order valence-corrected chi connectivity index (χ1v) is 8.28. The third-order valence-corrected chi connectivity index (χ3v) is 4.31. The van der Waals surface area contributed by atoms with Crippen LogP contribution in [0, 0.1) is 0 Å². The number of benzene rings is 2. The molecule has 0 bridgehead atoms. The summed E-state index contributed by atoms with van der Waals surface area (Å²) in [5.74, 6) is 0.293. The molecule has 0 unspecified atom stereocenters. The maximum Gasteiger partial charge on any atom is 0.241 e. The highest BCUT2D eigenvalue weighted by atomic mass is 16.7. The van der Waals surface area contributed by atoms with Gasteiger partial charge in [-0.1, -0.05) is 42.5 Å². The Morgan fingerprint density at radius 3 is 2.15 bits per heavy atom. The number of hydrogen-bond donors (Lipinski definition) is 3. The lowest BCUT2D eigenvalue weighted by Crippen LogP contribution is -2.35. The minimum absolute atomic E-state index is 0.0812. The third-order valence-electron chi connectivity index (χ3n) is 4.31. The molecular weight excluding hydrogens is 336 g/mol. The van der Waals surface area contributed by atoms with Crippen LogP contribution >= 0.6 is 0 Å². The second-order valence-corrected chi connectivity index (χ2v) is 6.09. The summed E-state index contributed by atoms with van der Waals surface area (Å²) in [6, 6.07) is 17.0. The van der Waals surface area contributed by atoms with E-state index >= 15 is 0 Å². The number of para-hydroxylation sites is 2. The molecule has 0 amide bonds. The van der Waals surface area contributed by atoms with E-state index in [4.69, 9.17) is 9.47 Å². The van der Waals surface area contributed by atoms with Crippen molar-refractivity contribution >= 4 is 11.0 Å². The molecule has 1 aliphatic rings. The van der Waals surface area contributed by atoms with Gasteiger partial charge in [0.15, 0.2) is 6.29 Å². The summed E-state index contributed by atoms with van der Waals surface area (Å²) in [7, 11) is 0. The number of ether oxygens (including phenoxy) is 2. The van der Waals surface area contributed by atoms with Crippen molar-refractivity contribution in [3.05, 3.63) is 54.6 Å². The summed E-state index contributed by atoms with van der Waals surface area (Å²) in [4.78, 5) is 9.18. The molecule has 1 fully saturated rings. The zero-order valence-electron chi connectivity index (χ0n) is 13.8. The topological polar surface area (TPSA) is 105 Å². The van der Waals surface area contributed by atoms with Crippen LogP contribution in [0.15, 0.2) is 54.6 Å². The molecule has 0 spiro atoms. The molecule has 7 heteroatoms. The lowest BCUT2D eigenvalue weighted by atomic mass is 10.1. The van der Waals surface area contributed by atoms with Gasteiger partial charge in [0.2, 0.25) is 5.88 Å². The number of aliphatic hydroxyl groups is 3. The SMILES string of the molecule is O[C@@H]1[C@H](O)[C@@H](COc2nc3ccccc3nc2-c2ccccc2)O[C@H]1O. The molecule has 3 N–H and O–H groups in total. The third kappa shape index (κ3) is 3.13. The molecule has 4 atom stereocenters.